The number of benzene rings is 1. The van der Waals surface area contributed by atoms with Gasteiger partial charge in [0, 0.05) is 24.4 Å². The van der Waals surface area contributed by atoms with Crippen molar-refractivity contribution in [1.29, 1.82) is 0 Å². The first kappa shape index (κ1) is 20.5. The van der Waals surface area contributed by atoms with Gasteiger partial charge in [-0.25, -0.2) is 9.97 Å². The van der Waals surface area contributed by atoms with Crippen molar-refractivity contribution in [3.8, 4) is 0 Å². The van der Waals surface area contributed by atoms with E-state index in [2.05, 4.69) is 32.5 Å². The maximum Gasteiger partial charge on any atom is 0.311 e. The van der Waals surface area contributed by atoms with Gasteiger partial charge in [-0.1, -0.05) is 30.8 Å². The summed E-state index contributed by atoms with van der Waals surface area (Å²) in [6, 6.07) is 11.5. The molecule has 0 amide bonds. The van der Waals surface area contributed by atoms with Gasteiger partial charge in [0.1, 0.15) is 5.82 Å². The Morgan fingerprint density at radius 3 is 2.73 bits per heavy atom. The lowest BCUT2D eigenvalue weighted by atomic mass is 9.87. The zero-order valence-electron chi connectivity index (χ0n) is 16.9. The monoisotopic (exact) mass is 426 g/mol. The van der Waals surface area contributed by atoms with Crippen LogP contribution >= 0.6 is 11.8 Å². The maximum atomic E-state index is 11.4. The fourth-order valence-corrected chi connectivity index (χ4v) is 4.48. The van der Waals surface area contributed by atoms with Crippen molar-refractivity contribution in [2.45, 2.75) is 43.8 Å². The van der Waals surface area contributed by atoms with Crippen LogP contribution in [0.4, 0.5) is 17.3 Å². The topological polar surface area (TPSA) is 109 Å². The van der Waals surface area contributed by atoms with E-state index in [-0.39, 0.29) is 5.69 Å². The number of rotatable bonds is 8. The highest BCUT2D eigenvalue weighted by Crippen LogP contribution is 2.28. The van der Waals surface area contributed by atoms with Crippen LogP contribution in [-0.4, -0.2) is 38.2 Å². The summed E-state index contributed by atoms with van der Waals surface area (Å²) in [5, 5.41) is 18.8. The lowest BCUT2D eigenvalue weighted by Gasteiger charge is -2.27. The van der Waals surface area contributed by atoms with E-state index >= 15 is 0 Å². The highest BCUT2D eigenvalue weighted by Gasteiger charge is 2.20. The van der Waals surface area contributed by atoms with E-state index in [1.165, 1.54) is 18.9 Å². The molecule has 2 aromatic heterocycles. The first-order chi connectivity index (χ1) is 14.6. The molecule has 0 radical (unpaired) electrons. The number of imidazole rings is 1. The Labute approximate surface area is 179 Å². The highest BCUT2D eigenvalue weighted by atomic mass is 32.2. The van der Waals surface area contributed by atoms with Crippen molar-refractivity contribution in [1.82, 2.24) is 15.0 Å². The molecule has 3 aromatic rings. The SMILES string of the molecule is CC1CCC(Nc2ccc([N+](=O)[O-])c(NCCSc3nc4ccccc4[nH]3)n2)CC1. The third-order valence-electron chi connectivity index (χ3n) is 5.44. The predicted molar refractivity (Wildman–Crippen MR) is 121 cm³/mol. The van der Waals surface area contributed by atoms with Crippen LogP contribution in [0.2, 0.25) is 0 Å². The van der Waals surface area contributed by atoms with E-state index in [0.29, 0.717) is 30.0 Å². The molecule has 0 saturated heterocycles. The fourth-order valence-electron chi connectivity index (χ4n) is 3.74. The first-order valence-corrected chi connectivity index (χ1v) is 11.3. The summed E-state index contributed by atoms with van der Waals surface area (Å²) in [5.74, 6) is 2.47. The minimum atomic E-state index is -0.395. The average Bonchev–Trinajstić information content (AvgIpc) is 3.16. The molecule has 0 aliphatic heterocycles. The average molecular weight is 427 g/mol. The smallest absolute Gasteiger partial charge is 0.311 e. The lowest BCUT2D eigenvalue weighted by molar-refractivity contribution is -0.384. The van der Waals surface area contributed by atoms with E-state index in [4.69, 9.17) is 0 Å². The summed E-state index contributed by atoms with van der Waals surface area (Å²) in [5.41, 5.74) is 1.92. The number of hydrogen-bond acceptors (Lipinski definition) is 7. The number of nitrogens with one attached hydrogen (secondary N) is 3. The molecule has 0 atom stereocenters. The predicted octanol–water partition coefficient (Wildman–Crippen LogP) is 5.06. The van der Waals surface area contributed by atoms with E-state index < -0.39 is 4.92 Å². The van der Waals surface area contributed by atoms with Crippen molar-refractivity contribution in [3.63, 3.8) is 0 Å². The van der Waals surface area contributed by atoms with Crippen molar-refractivity contribution in [2.24, 2.45) is 5.92 Å². The Morgan fingerprint density at radius 1 is 1.17 bits per heavy atom. The third-order valence-corrected chi connectivity index (χ3v) is 6.31. The summed E-state index contributed by atoms with van der Waals surface area (Å²) in [6.45, 7) is 2.83. The van der Waals surface area contributed by atoms with Gasteiger partial charge in [0.25, 0.3) is 0 Å². The van der Waals surface area contributed by atoms with Crippen LogP contribution < -0.4 is 10.6 Å². The summed E-state index contributed by atoms with van der Waals surface area (Å²) in [6.07, 6.45) is 4.62. The van der Waals surface area contributed by atoms with Gasteiger partial charge in [0.05, 0.1) is 16.0 Å². The number of aromatic amines is 1. The van der Waals surface area contributed by atoms with Gasteiger partial charge < -0.3 is 15.6 Å². The van der Waals surface area contributed by atoms with Crippen LogP contribution in [0.5, 0.6) is 0 Å². The zero-order chi connectivity index (χ0) is 20.9. The molecule has 158 valence electrons. The molecule has 1 fully saturated rings. The zero-order valence-corrected chi connectivity index (χ0v) is 17.7. The fraction of sp³-hybridized carbons (Fsp3) is 0.429. The van der Waals surface area contributed by atoms with Crippen molar-refractivity contribution < 1.29 is 4.92 Å². The number of fused-ring (bicyclic) bond motifs is 1. The molecule has 30 heavy (non-hydrogen) atoms. The number of para-hydroxylation sites is 2. The van der Waals surface area contributed by atoms with Gasteiger partial charge >= 0.3 is 5.69 Å². The molecule has 0 spiro atoms. The van der Waals surface area contributed by atoms with E-state index in [0.717, 1.165) is 34.9 Å². The van der Waals surface area contributed by atoms with Crippen LogP contribution in [0.15, 0.2) is 41.6 Å². The minimum Gasteiger partial charge on any atom is -0.367 e. The molecule has 1 aliphatic carbocycles. The van der Waals surface area contributed by atoms with Gasteiger partial charge in [-0.3, -0.25) is 10.1 Å². The Kier molecular flexibility index (Phi) is 6.37. The maximum absolute atomic E-state index is 11.4. The largest absolute Gasteiger partial charge is 0.367 e. The van der Waals surface area contributed by atoms with E-state index in [9.17, 15) is 10.1 Å². The van der Waals surface area contributed by atoms with Gasteiger partial charge in [-0.15, -0.1) is 0 Å². The van der Waals surface area contributed by atoms with E-state index in [1.54, 1.807) is 17.8 Å². The summed E-state index contributed by atoms with van der Waals surface area (Å²) < 4.78 is 0. The van der Waals surface area contributed by atoms with Gasteiger partial charge in [-0.2, -0.15) is 0 Å². The van der Waals surface area contributed by atoms with Crippen LogP contribution in [0.1, 0.15) is 32.6 Å². The number of H-pyrrole nitrogens is 1. The van der Waals surface area contributed by atoms with Crippen LogP contribution in [0.25, 0.3) is 11.0 Å². The van der Waals surface area contributed by atoms with Crippen LogP contribution in [0, 0.1) is 16.0 Å². The standard InChI is InChI=1S/C21H26N6O2S/c1-14-6-8-15(9-7-14)23-19-11-10-18(27(28)29)20(26-19)22-12-13-30-21-24-16-4-2-3-5-17(16)25-21/h2-5,10-11,14-15H,6-9,12-13H2,1H3,(H,24,25)(H2,22,23,26). The molecule has 1 aromatic carbocycles. The molecule has 1 aliphatic rings. The quantitative estimate of drug-likeness (QED) is 0.200. The minimum absolute atomic E-state index is 0.00782. The molecule has 8 nitrogen and oxygen atoms in total. The second-order valence-corrected chi connectivity index (χ2v) is 8.84. The molecule has 0 bridgehead atoms. The first-order valence-electron chi connectivity index (χ1n) is 10.3. The summed E-state index contributed by atoms with van der Waals surface area (Å²) in [4.78, 5) is 23.3. The van der Waals surface area contributed by atoms with Crippen molar-refractivity contribution >= 4 is 40.1 Å². The molecular weight excluding hydrogens is 400 g/mol. The van der Waals surface area contributed by atoms with Gasteiger partial charge in [-0.05, 0) is 49.8 Å². The molecule has 3 N–H and O–H groups in total. The molecule has 1 saturated carbocycles. The Hall–Kier alpha value is -2.81. The lowest BCUT2D eigenvalue weighted by Crippen LogP contribution is -2.25. The Morgan fingerprint density at radius 2 is 1.97 bits per heavy atom. The second kappa shape index (κ2) is 9.34. The highest BCUT2D eigenvalue weighted by molar-refractivity contribution is 7.99. The number of nitrogens with zero attached hydrogens (tertiary/aromatic N) is 3. The summed E-state index contributed by atoms with van der Waals surface area (Å²) in [7, 11) is 0. The third kappa shape index (κ3) is 5.02. The van der Waals surface area contributed by atoms with E-state index in [1.807, 2.05) is 24.3 Å². The normalized spacial score (nSPS) is 19.0. The molecule has 4 rings (SSSR count). The van der Waals surface area contributed by atoms with Crippen molar-refractivity contribution in [2.75, 3.05) is 22.9 Å². The Bertz CT molecular complexity index is 983. The van der Waals surface area contributed by atoms with Crippen LogP contribution in [-0.2, 0) is 0 Å². The number of thioether (sulfide) groups is 1. The number of anilines is 2. The number of aromatic nitrogens is 3. The second-order valence-electron chi connectivity index (χ2n) is 7.76. The number of nitro groups is 1. The molecule has 0 unspecified atom stereocenters. The van der Waals surface area contributed by atoms with Crippen LogP contribution in [0.3, 0.4) is 0 Å². The van der Waals surface area contributed by atoms with Gasteiger partial charge in [0.15, 0.2) is 5.16 Å². The van der Waals surface area contributed by atoms with Gasteiger partial charge in [0.2, 0.25) is 5.82 Å². The number of hydrogen-bond donors (Lipinski definition) is 3. The van der Waals surface area contributed by atoms with Crippen molar-refractivity contribution in [3.05, 3.63) is 46.5 Å². The Balaban J connectivity index is 1.35. The molecule has 9 heteroatoms. The number of pyridine rings is 1. The summed E-state index contributed by atoms with van der Waals surface area (Å²) >= 11 is 1.57. The molecular formula is C21H26N6O2S. The molecule has 2 heterocycles.